The molecule has 1 aromatic heterocycles. The van der Waals surface area contributed by atoms with Gasteiger partial charge in [0.05, 0.1) is 12.6 Å². The van der Waals surface area contributed by atoms with Crippen LogP contribution in [0.4, 0.5) is 0 Å². The first-order valence-corrected chi connectivity index (χ1v) is 9.61. The van der Waals surface area contributed by atoms with Crippen LogP contribution in [0.2, 0.25) is 0 Å². The number of thiazole rings is 1. The first-order chi connectivity index (χ1) is 11.8. The summed E-state index contributed by atoms with van der Waals surface area (Å²) in [5.74, 6) is 1.47. The van der Waals surface area contributed by atoms with E-state index in [0.717, 1.165) is 36.6 Å². The molecule has 0 bridgehead atoms. The summed E-state index contributed by atoms with van der Waals surface area (Å²) in [6, 6.07) is 8.30. The molecule has 2 aliphatic rings. The minimum Gasteiger partial charge on any atom is -0.493 e. The molecule has 0 N–H and O–H groups in total. The van der Waals surface area contributed by atoms with E-state index in [1.807, 2.05) is 29.8 Å². The maximum atomic E-state index is 13.0. The molecule has 0 saturated carbocycles. The van der Waals surface area contributed by atoms with Crippen LogP contribution in [-0.4, -0.2) is 28.9 Å². The molecule has 4 rings (SSSR count). The zero-order chi connectivity index (χ0) is 16.4. The topological polar surface area (TPSA) is 42.4 Å². The predicted molar refractivity (Wildman–Crippen MR) is 94.3 cm³/mol. The number of para-hydroxylation sites is 1. The summed E-state index contributed by atoms with van der Waals surface area (Å²) in [7, 11) is 0. The van der Waals surface area contributed by atoms with Crippen LogP contribution in [0.3, 0.4) is 0 Å². The van der Waals surface area contributed by atoms with E-state index in [2.05, 4.69) is 16.0 Å². The summed E-state index contributed by atoms with van der Waals surface area (Å²) in [6.45, 7) is 1.55. The second kappa shape index (κ2) is 6.93. The summed E-state index contributed by atoms with van der Waals surface area (Å²) < 4.78 is 5.73. The van der Waals surface area contributed by atoms with Crippen molar-refractivity contribution < 1.29 is 9.53 Å². The van der Waals surface area contributed by atoms with E-state index in [1.54, 1.807) is 11.3 Å². The fraction of sp³-hybridized carbons (Fsp3) is 0.474. The average Bonchev–Trinajstić information content (AvgIpc) is 3.16. The molecule has 24 heavy (non-hydrogen) atoms. The minimum absolute atomic E-state index is 0.168. The molecule has 126 valence electrons. The molecule has 0 aliphatic carbocycles. The van der Waals surface area contributed by atoms with Crippen molar-refractivity contribution in [3.63, 3.8) is 0 Å². The Morgan fingerprint density at radius 1 is 1.29 bits per heavy atom. The van der Waals surface area contributed by atoms with Crippen LogP contribution in [-0.2, 0) is 4.79 Å². The maximum Gasteiger partial charge on any atom is 0.223 e. The monoisotopic (exact) mass is 342 g/mol. The summed E-state index contributed by atoms with van der Waals surface area (Å²) >= 11 is 1.66. The highest BCUT2D eigenvalue weighted by Crippen LogP contribution is 2.38. The van der Waals surface area contributed by atoms with E-state index in [-0.39, 0.29) is 17.9 Å². The van der Waals surface area contributed by atoms with Gasteiger partial charge >= 0.3 is 0 Å². The third-order valence-corrected chi connectivity index (χ3v) is 5.94. The van der Waals surface area contributed by atoms with E-state index < -0.39 is 0 Å². The highest BCUT2D eigenvalue weighted by Gasteiger charge is 2.32. The lowest BCUT2D eigenvalue weighted by Gasteiger charge is -2.36. The van der Waals surface area contributed by atoms with Gasteiger partial charge in [-0.25, -0.2) is 4.98 Å². The Balaban J connectivity index is 1.51. The molecule has 2 aromatic rings. The van der Waals surface area contributed by atoms with Gasteiger partial charge in [-0.1, -0.05) is 18.2 Å². The molecule has 4 nitrogen and oxygen atoms in total. The number of fused-ring (bicyclic) bond motifs is 1. The van der Waals surface area contributed by atoms with E-state index in [1.165, 1.54) is 12.0 Å². The molecular formula is C19H22N2O2S. The smallest absolute Gasteiger partial charge is 0.223 e. The van der Waals surface area contributed by atoms with Gasteiger partial charge in [0.15, 0.2) is 0 Å². The van der Waals surface area contributed by atoms with Crippen LogP contribution in [0.5, 0.6) is 5.75 Å². The quantitative estimate of drug-likeness (QED) is 0.841. The van der Waals surface area contributed by atoms with Crippen molar-refractivity contribution in [1.29, 1.82) is 0 Å². The molecule has 0 unspecified atom stereocenters. The number of rotatable bonds is 3. The van der Waals surface area contributed by atoms with E-state index in [4.69, 9.17) is 4.74 Å². The molecule has 0 radical (unpaired) electrons. The van der Waals surface area contributed by atoms with Crippen LogP contribution in [0.15, 0.2) is 35.8 Å². The van der Waals surface area contributed by atoms with Crippen molar-refractivity contribution in [2.75, 3.05) is 13.2 Å². The molecule has 2 aliphatic heterocycles. The van der Waals surface area contributed by atoms with Crippen LogP contribution in [0, 0.1) is 0 Å². The standard InChI is InChI=1S/C19H22N2O2S/c22-18(13-14-8-11-23-17-7-2-1-5-15(14)17)21-10-4-3-6-16(21)19-20-9-12-24-19/h1-2,5,7,9,12,14,16H,3-4,6,8,10-11,13H2/t14-,16-/m1/s1. The van der Waals surface area contributed by atoms with Crippen molar-refractivity contribution in [1.82, 2.24) is 9.88 Å². The summed E-state index contributed by atoms with van der Waals surface area (Å²) in [6.07, 6.45) is 6.63. The first-order valence-electron chi connectivity index (χ1n) is 8.73. The average molecular weight is 342 g/mol. The van der Waals surface area contributed by atoms with Gasteiger partial charge in [-0.3, -0.25) is 4.79 Å². The zero-order valence-electron chi connectivity index (χ0n) is 13.7. The van der Waals surface area contributed by atoms with Gasteiger partial charge < -0.3 is 9.64 Å². The molecule has 2 atom stereocenters. The highest BCUT2D eigenvalue weighted by molar-refractivity contribution is 7.09. The number of likely N-dealkylation sites (tertiary alicyclic amines) is 1. The molecule has 1 fully saturated rings. The summed E-state index contributed by atoms with van der Waals surface area (Å²) in [4.78, 5) is 19.6. The van der Waals surface area contributed by atoms with Gasteiger partial charge in [0.2, 0.25) is 5.91 Å². The number of benzene rings is 1. The number of piperidine rings is 1. The number of aromatic nitrogens is 1. The zero-order valence-corrected chi connectivity index (χ0v) is 14.5. The van der Waals surface area contributed by atoms with Crippen molar-refractivity contribution in [2.45, 2.75) is 44.1 Å². The lowest BCUT2D eigenvalue weighted by molar-refractivity contribution is -0.135. The Labute approximate surface area is 146 Å². The van der Waals surface area contributed by atoms with Crippen LogP contribution in [0.25, 0.3) is 0 Å². The largest absolute Gasteiger partial charge is 0.493 e. The molecule has 1 aromatic carbocycles. The number of carbonyl (C=O) groups excluding carboxylic acids is 1. The van der Waals surface area contributed by atoms with Crippen molar-refractivity contribution in [2.24, 2.45) is 0 Å². The maximum absolute atomic E-state index is 13.0. The third-order valence-electron chi connectivity index (χ3n) is 5.06. The first kappa shape index (κ1) is 15.6. The SMILES string of the molecule is O=C(C[C@H]1CCOc2ccccc21)N1CCCC[C@@H]1c1nccs1. The Morgan fingerprint density at radius 2 is 2.21 bits per heavy atom. The fourth-order valence-electron chi connectivity index (χ4n) is 3.84. The van der Waals surface area contributed by atoms with Crippen molar-refractivity contribution >= 4 is 17.2 Å². The molecule has 1 amide bonds. The number of carbonyl (C=O) groups is 1. The van der Waals surface area contributed by atoms with Crippen LogP contribution < -0.4 is 4.74 Å². The van der Waals surface area contributed by atoms with Gasteiger partial charge in [0, 0.05) is 24.5 Å². The Bertz CT molecular complexity index is 701. The van der Waals surface area contributed by atoms with Gasteiger partial charge in [0.1, 0.15) is 10.8 Å². The van der Waals surface area contributed by atoms with Crippen molar-refractivity contribution in [3.05, 3.63) is 46.4 Å². The van der Waals surface area contributed by atoms with E-state index >= 15 is 0 Å². The second-order valence-corrected chi connectivity index (χ2v) is 7.47. The fourth-order valence-corrected chi connectivity index (χ4v) is 4.63. The van der Waals surface area contributed by atoms with Gasteiger partial charge in [0.25, 0.3) is 0 Å². The number of hydrogen-bond donors (Lipinski definition) is 0. The van der Waals surface area contributed by atoms with Gasteiger partial charge in [-0.05, 0) is 43.2 Å². The molecule has 3 heterocycles. The highest BCUT2D eigenvalue weighted by atomic mass is 32.1. The van der Waals surface area contributed by atoms with E-state index in [9.17, 15) is 4.79 Å². The Morgan fingerprint density at radius 3 is 3.08 bits per heavy atom. The Kier molecular flexibility index (Phi) is 4.52. The Hall–Kier alpha value is -1.88. The van der Waals surface area contributed by atoms with Crippen LogP contribution >= 0.6 is 11.3 Å². The molecule has 1 saturated heterocycles. The molecular weight excluding hydrogens is 320 g/mol. The minimum atomic E-state index is 0.168. The van der Waals surface area contributed by atoms with Gasteiger partial charge in [-0.15, -0.1) is 11.3 Å². The number of ether oxygens (including phenoxy) is 1. The predicted octanol–water partition coefficient (Wildman–Crippen LogP) is 4.15. The number of nitrogens with zero attached hydrogens (tertiary/aromatic N) is 2. The lowest BCUT2D eigenvalue weighted by Crippen LogP contribution is -2.39. The van der Waals surface area contributed by atoms with Crippen molar-refractivity contribution in [3.8, 4) is 5.75 Å². The normalized spacial score (nSPS) is 23.4. The number of hydrogen-bond acceptors (Lipinski definition) is 4. The van der Waals surface area contributed by atoms with Gasteiger partial charge in [-0.2, -0.15) is 0 Å². The number of amides is 1. The summed E-state index contributed by atoms with van der Waals surface area (Å²) in [5.41, 5.74) is 1.18. The molecule has 5 heteroatoms. The van der Waals surface area contributed by atoms with E-state index in [0.29, 0.717) is 13.0 Å². The lowest BCUT2D eigenvalue weighted by atomic mass is 9.89. The molecule has 0 spiro atoms. The third kappa shape index (κ3) is 3.05. The summed E-state index contributed by atoms with van der Waals surface area (Å²) in [5, 5.41) is 3.08. The second-order valence-electron chi connectivity index (χ2n) is 6.55. The van der Waals surface area contributed by atoms with Crippen LogP contribution in [0.1, 0.15) is 54.6 Å².